The molecule has 0 saturated heterocycles. The Morgan fingerprint density at radius 1 is 1.03 bits per heavy atom. The molecule has 0 spiro atoms. The molecular formula is C26H34N2O3S. The molecule has 32 heavy (non-hydrogen) atoms. The Balaban J connectivity index is 1.77. The third-order valence-electron chi connectivity index (χ3n) is 5.90. The number of nitrogens with one attached hydrogen (secondary N) is 2. The van der Waals surface area contributed by atoms with Gasteiger partial charge in [0.2, 0.25) is 15.9 Å². The Kier molecular flexibility index (Phi) is 8.26. The highest BCUT2D eigenvalue weighted by Crippen LogP contribution is 2.22. The van der Waals surface area contributed by atoms with Gasteiger partial charge >= 0.3 is 0 Å². The number of hydrogen-bond acceptors (Lipinski definition) is 3. The standard InChI is InChI=1S/C26H34N2O3S/c1-19-16-20(2)25(21(3)17-19)32(30,31)28-24(18-23-12-8-5-9-13-23)26(29)27-15-14-22-10-6-4-7-11-22/h5,8-10,12-13,16-17,24,28H,4,6-7,11,14-15,18H2,1-3H3,(H,27,29)/t24-/m0/s1. The van der Waals surface area contributed by atoms with Gasteiger partial charge < -0.3 is 5.32 Å². The molecule has 0 unspecified atom stereocenters. The second kappa shape index (κ2) is 10.9. The van der Waals surface area contributed by atoms with Crippen LogP contribution in [0.25, 0.3) is 0 Å². The predicted octanol–water partition coefficient (Wildman–Crippen LogP) is 4.51. The maximum atomic E-state index is 13.3. The first-order valence-electron chi connectivity index (χ1n) is 11.4. The van der Waals surface area contributed by atoms with Crippen LogP contribution in [-0.4, -0.2) is 26.9 Å². The van der Waals surface area contributed by atoms with Crippen LogP contribution in [0.15, 0.2) is 59.0 Å². The number of hydrogen-bond donors (Lipinski definition) is 2. The average molecular weight is 455 g/mol. The Morgan fingerprint density at radius 3 is 2.34 bits per heavy atom. The normalized spacial score (nSPS) is 15.2. The van der Waals surface area contributed by atoms with Gasteiger partial charge in [-0.05, 0) is 76.0 Å². The number of allylic oxidation sites excluding steroid dienone is 1. The van der Waals surface area contributed by atoms with Crippen molar-refractivity contribution in [3.05, 3.63) is 76.4 Å². The van der Waals surface area contributed by atoms with Crippen LogP contribution in [0.4, 0.5) is 0 Å². The SMILES string of the molecule is Cc1cc(C)c(S(=O)(=O)N[C@@H](Cc2ccccc2)C(=O)NCCC2=CCCCC2)c(C)c1. The molecule has 2 aromatic rings. The van der Waals surface area contributed by atoms with Crippen molar-refractivity contribution in [3.8, 4) is 0 Å². The summed E-state index contributed by atoms with van der Waals surface area (Å²) in [4.78, 5) is 13.3. The van der Waals surface area contributed by atoms with E-state index in [1.165, 1.54) is 18.4 Å². The molecule has 1 aliphatic carbocycles. The molecule has 2 aromatic carbocycles. The topological polar surface area (TPSA) is 75.3 Å². The largest absolute Gasteiger partial charge is 0.354 e. The fourth-order valence-corrected chi connectivity index (χ4v) is 6.12. The maximum Gasteiger partial charge on any atom is 0.241 e. The first-order valence-corrected chi connectivity index (χ1v) is 12.8. The molecule has 6 heteroatoms. The summed E-state index contributed by atoms with van der Waals surface area (Å²) in [6.45, 7) is 6.04. The zero-order valence-corrected chi connectivity index (χ0v) is 20.1. The summed E-state index contributed by atoms with van der Waals surface area (Å²) >= 11 is 0. The first-order chi connectivity index (χ1) is 15.3. The van der Waals surface area contributed by atoms with E-state index in [0.717, 1.165) is 30.4 Å². The van der Waals surface area contributed by atoms with Crippen molar-refractivity contribution < 1.29 is 13.2 Å². The van der Waals surface area contributed by atoms with Crippen LogP contribution in [0.5, 0.6) is 0 Å². The van der Waals surface area contributed by atoms with Crippen molar-refractivity contribution in [2.24, 2.45) is 0 Å². The fourth-order valence-electron chi connectivity index (χ4n) is 4.48. The highest BCUT2D eigenvalue weighted by atomic mass is 32.2. The summed E-state index contributed by atoms with van der Waals surface area (Å²) in [6.07, 6.45) is 7.99. The summed E-state index contributed by atoms with van der Waals surface area (Å²) in [5.41, 5.74) is 4.65. The van der Waals surface area contributed by atoms with Gasteiger partial charge in [-0.2, -0.15) is 4.72 Å². The molecule has 172 valence electrons. The van der Waals surface area contributed by atoms with Crippen molar-refractivity contribution in [2.75, 3.05) is 6.54 Å². The van der Waals surface area contributed by atoms with Crippen molar-refractivity contribution in [1.29, 1.82) is 0 Å². The van der Waals surface area contributed by atoms with Crippen LogP contribution in [0.2, 0.25) is 0 Å². The molecule has 0 fully saturated rings. The maximum absolute atomic E-state index is 13.3. The van der Waals surface area contributed by atoms with E-state index < -0.39 is 16.1 Å². The Hall–Kier alpha value is -2.44. The smallest absolute Gasteiger partial charge is 0.241 e. The quantitative estimate of drug-likeness (QED) is 0.548. The Labute approximate surface area is 192 Å². The zero-order chi connectivity index (χ0) is 23.1. The number of sulfonamides is 1. The van der Waals surface area contributed by atoms with Gasteiger partial charge in [0.1, 0.15) is 6.04 Å². The van der Waals surface area contributed by atoms with Crippen LogP contribution in [0.1, 0.15) is 54.4 Å². The van der Waals surface area contributed by atoms with E-state index in [9.17, 15) is 13.2 Å². The van der Waals surface area contributed by atoms with Gasteiger partial charge in [-0.1, -0.05) is 59.7 Å². The molecule has 5 nitrogen and oxygen atoms in total. The highest BCUT2D eigenvalue weighted by Gasteiger charge is 2.28. The van der Waals surface area contributed by atoms with Gasteiger partial charge in [0.05, 0.1) is 4.90 Å². The predicted molar refractivity (Wildman–Crippen MR) is 129 cm³/mol. The third-order valence-corrected chi connectivity index (χ3v) is 7.68. The van der Waals surface area contributed by atoms with Gasteiger partial charge in [0, 0.05) is 6.54 Å². The van der Waals surface area contributed by atoms with Crippen LogP contribution in [-0.2, 0) is 21.2 Å². The van der Waals surface area contributed by atoms with Gasteiger partial charge in [0.25, 0.3) is 0 Å². The lowest BCUT2D eigenvalue weighted by atomic mass is 9.97. The zero-order valence-electron chi connectivity index (χ0n) is 19.3. The number of aryl methyl sites for hydroxylation is 3. The molecule has 0 saturated carbocycles. The van der Waals surface area contributed by atoms with Crippen molar-refractivity contribution in [3.63, 3.8) is 0 Å². The average Bonchev–Trinajstić information content (AvgIpc) is 2.73. The third kappa shape index (κ3) is 6.53. The van der Waals surface area contributed by atoms with Gasteiger partial charge in [-0.15, -0.1) is 0 Å². The first kappa shape index (κ1) is 24.2. The number of carbonyl (C=O) groups excluding carboxylic acids is 1. The van der Waals surface area contributed by atoms with Gasteiger partial charge in [0.15, 0.2) is 0 Å². The number of rotatable bonds is 9. The summed E-state index contributed by atoms with van der Waals surface area (Å²) in [5, 5.41) is 2.96. The van der Waals surface area contributed by atoms with Crippen LogP contribution < -0.4 is 10.0 Å². The lowest BCUT2D eigenvalue weighted by Gasteiger charge is -2.21. The molecule has 1 amide bonds. The summed E-state index contributed by atoms with van der Waals surface area (Å²) in [6, 6.07) is 12.3. The van der Waals surface area contributed by atoms with Crippen molar-refractivity contribution >= 4 is 15.9 Å². The van der Waals surface area contributed by atoms with E-state index in [1.54, 1.807) is 13.8 Å². The van der Waals surface area contributed by atoms with Gasteiger partial charge in [-0.25, -0.2) is 8.42 Å². The number of amides is 1. The van der Waals surface area contributed by atoms with E-state index in [0.29, 0.717) is 24.1 Å². The molecule has 0 aromatic heterocycles. The van der Waals surface area contributed by atoms with E-state index in [-0.39, 0.29) is 10.8 Å². The van der Waals surface area contributed by atoms with Gasteiger partial charge in [-0.3, -0.25) is 4.79 Å². The molecular weight excluding hydrogens is 420 g/mol. The van der Waals surface area contributed by atoms with E-state index >= 15 is 0 Å². The molecule has 0 radical (unpaired) electrons. The molecule has 2 N–H and O–H groups in total. The molecule has 1 atom stereocenters. The second-order valence-electron chi connectivity index (χ2n) is 8.74. The summed E-state index contributed by atoms with van der Waals surface area (Å²) in [7, 11) is -3.87. The number of carbonyl (C=O) groups is 1. The molecule has 3 rings (SSSR count). The Morgan fingerprint density at radius 2 is 1.72 bits per heavy atom. The van der Waals surface area contributed by atoms with Crippen LogP contribution >= 0.6 is 0 Å². The fraction of sp³-hybridized carbons (Fsp3) is 0.423. The summed E-state index contributed by atoms with van der Waals surface area (Å²) in [5.74, 6) is -0.295. The minimum atomic E-state index is -3.87. The monoisotopic (exact) mass is 454 g/mol. The molecule has 0 bridgehead atoms. The molecule has 0 heterocycles. The molecule has 1 aliphatic rings. The number of benzene rings is 2. The van der Waals surface area contributed by atoms with Crippen molar-refractivity contribution in [1.82, 2.24) is 10.0 Å². The van der Waals surface area contributed by atoms with Crippen molar-refractivity contribution in [2.45, 2.75) is 70.2 Å². The lowest BCUT2D eigenvalue weighted by Crippen LogP contribution is -2.48. The molecule has 0 aliphatic heterocycles. The van der Waals surface area contributed by atoms with E-state index in [1.807, 2.05) is 49.4 Å². The van der Waals surface area contributed by atoms with Crippen LogP contribution in [0, 0.1) is 20.8 Å². The minimum absolute atomic E-state index is 0.251. The lowest BCUT2D eigenvalue weighted by molar-refractivity contribution is -0.122. The second-order valence-corrected chi connectivity index (χ2v) is 10.4. The summed E-state index contributed by atoms with van der Waals surface area (Å²) < 4.78 is 29.3. The minimum Gasteiger partial charge on any atom is -0.354 e. The van der Waals surface area contributed by atoms with E-state index in [4.69, 9.17) is 0 Å². The van der Waals surface area contributed by atoms with Crippen LogP contribution in [0.3, 0.4) is 0 Å². The van der Waals surface area contributed by atoms with E-state index in [2.05, 4.69) is 16.1 Å². The highest BCUT2D eigenvalue weighted by molar-refractivity contribution is 7.89. The Bertz CT molecular complexity index is 1050.